The zero-order chi connectivity index (χ0) is 18.1. The van der Waals surface area contributed by atoms with Gasteiger partial charge in [0, 0.05) is 19.3 Å². The first-order valence-electron chi connectivity index (χ1n) is 8.20. The Labute approximate surface area is 148 Å². The smallest absolute Gasteiger partial charge is 0.167 e. The summed E-state index contributed by atoms with van der Waals surface area (Å²) < 4.78 is 7.41. The molecule has 3 aromatic heterocycles. The number of aliphatic hydroxyl groups is 2. The Hall–Kier alpha value is -2.66. The fourth-order valence-corrected chi connectivity index (χ4v) is 3.03. The lowest BCUT2D eigenvalue weighted by Gasteiger charge is -2.16. The quantitative estimate of drug-likeness (QED) is 0.462. The molecule has 0 saturated carbocycles. The van der Waals surface area contributed by atoms with Gasteiger partial charge >= 0.3 is 0 Å². The lowest BCUT2D eigenvalue weighted by molar-refractivity contribution is -0.0342. The van der Waals surface area contributed by atoms with Crippen molar-refractivity contribution in [3.63, 3.8) is 0 Å². The molecule has 1 aliphatic heterocycles. The molecule has 26 heavy (non-hydrogen) atoms. The average Bonchev–Trinajstić information content (AvgIpc) is 3.20. The van der Waals surface area contributed by atoms with Gasteiger partial charge in [0.15, 0.2) is 17.7 Å². The SMILES string of the molecule is Nc1ncnc2c1ncn2[C@@H]1O[C@H](CNCc2ccccn2)[C@@H](O)[C@H]1O. The van der Waals surface area contributed by atoms with Gasteiger partial charge in [-0.15, -0.1) is 0 Å². The van der Waals surface area contributed by atoms with Gasteiger partial charge < -0.3 is 26.0 Å². The Kier molecular flexibility index (Phi) is 4.47. The molecule has 1 saturated heterocycles. The summed E-state index contributed by atoms with van der Waals surface area (Å²) in [6.07, 6.45) is 0.939. The molecule has 5 N–H and O–H groups in total. The van der Waals surface area contributed by atoms with E-state index in [1.807, 2.05) is 18.2 Å². The number of nitrogen functional groups attached to an aromatic ring is 1. The fraction of sp³-hybridized carbons (Fsp3) is 0.375. The minimum atomic E-state index is -1.12. The fourth-order valence-electron chi connectivity index (χ4n) is 3.03. The summed E-state index contributed by atoms with van der Waals surface area (Å²) in [5.41, 5.74) is 7.53. The van der Waals surface area contributed by atoms with Crippen molar-refractivity contribution in [2.24, 2.45) is 0 Å². The summed E-state index contributed by atoms with van der Waals surface area (Å²) >= 11 is 0. The van der Waals surface area contributed by atoms with Gasteiger partial charge in [0.1, 0.15) is 30.2 Å². The summed E-state index contributed by atoms with van der Waals surface area (Å²) in [6, 6.07) is 5.65. The largest absolute Gasteiger partial charge is 0.387 e. The number of rotatable bonds is 5. The van der Waals surface area contributed by atoms with Crippen molar-refractivity contribution in [3.05, 3.63) is 42.7 Å². The molecule has 0 unspecified atom stereocenters. The van der Waals surface area contributed by atoms with E-state index in [-0.39, 0.29) is 5.82 Å². The van der Waals surface area contributed by atoms with Gasteiger partial charge in [-0.25, -0.2) is 15.0 Å². The minimum absolute atomic E-state index is 0.246. The number of aromatic nitrogens is 5. The third kappa shape index (κ3) is 2.99. The number of hydrogen-bond acceptors (Lipinski definition) is 9. The first kappa shape index (κ1) is 16.8. The highest BCUT2D eigenvalue weighted by atomic mass is 16.6. The Morgan fingerprint density at radius 1 is 1.15 bits per heavy atom. The number of pyridine rings is 1. The van der Waals surface area contributed by atoms with Crippen LogP contribution in [0.2, 0.25) is 0 Å². The molecule has 136 valence electrons. The van der Waals surface area contributed by atoms with Crippen LogP contribution in [0.5, 0.6) is 0 Å². The van der Waals surface area contributed by atoms with Gasteiger partial charge in [-0.2, -0.15) is 0 Å². The van der Waals surface area contributed by atoms with Crippen molar-refractivity contribution >= 4 is 17.0 Å². The summed E-state index contributed by atoms with van der Waals surface area (Å²) in [6.45, 7) is 0.890. The van der Waals surface area contributed by atoms with E-state index < -0.39 is 24.5 Å². The minimum Gasteiger partial charge on any atom is -0.387 e. The maximum absolute atomic E-state index is 10.4. The number of aliphatic hydroxyl groups excluding tert-OH is 2. The van der Waals surface area contributed by atoms with E-state index >= 15 is 0 Å². The zero-order valence-corrected chi connectivity index (χ0v) is 13.8. The van der Waals surface area contributed by atoms with Crippen LogP contribution >= 0.6 is 0 Å². The van der Waals surface area contributed by atoms with E-state index in [1.165, 1.54) is 12.7 Å². The number of imidazole rings is 1. The third-order valence-electron chi connectivity index (χ3n) is 4.38. The van der Waals surface area contributed by atoms with Crippen LogP contribution in [-0.4, -0.2) is 59.6 Å². The Morgan fingerprint density at radius 3 is 2.85 bits per heavy atom. The van der Waals surface area contributed by atoms with E-state index in [0.717, 1.165) is 5.69 Å². The van der Waals surface area contributed by atoms with Crippen LogP contribution in [-0.2, 0) is 11.3 Å². The maximum Gasteiger partial charge on any atom is 0.167 e. The molecule has 4 heterocycles. The van der Waals surface area contributed by atoms with Gasteiger partial charge in [-0.3, -0.25) is 9.55 Å². The van der Waals surface area contributed by atoms with E-state index in [4.69, 9.17) is 10.5 Å². The molecule has 4 rings (SSSR count). The Bertz CT molecular complexity index is 888. The molecule has 4 atom stereocenters. The van der Waals surface area contributed by atoms with Crippen molar-refractivity contribution in [1.29, 1.82) is 0 Å². The molecule has 0 radical (unpaired) electrons. The predicted octanol–water partition coefficient (Wildman–Crippen LogP) is -0.788. The molecule has 0 aliphatic carbocycles. The third-order valence-corrected chi connectivity index (χ3v) is 4.38. The molecule has 1 fully saturated rings. The molecule has 0 spiro atoms. The summed E-state index contributed by atoms with van der Waals surface area (Å²) in [5.74, 6) is 0.246. The molecular weight excluding hydrogens is 338 g/mol. The van der Waals surface area contributed by atoms with Crippen LogP contribution in [0.15, 0.2) is 37.1 Å². The number of hydrogen-bond donors (Lipinski definition) is 4. The molecule has 0 aromatic carbocycles. The number of anilines is 1. The van der Waals surface area contributed by atoms with Crippen LogP contribution in [0.1, 0.15) is 11.9 Å². The molecule has 1 aliphatic rings. The van der Waals surface area contributed by atoms with Gasteiger partial charge in [0.05, 0.1) is 12.0 Å². The summed E-state index contributed by atoms with van der Waals surface area (Å²) in [4.78, 5) is 16.4. The Morgan fingerprint density at radius 2 is 2.04 bits per heavy atom. The number of ether oxygens (including phenoxy) is 1. The molecular formula is C16H19N7O3. The lowest BCUT2D eigenvalue weighted by Crippen LogP contribution is -2.37. The highest BCUT2D eigenvalue weighted by Crippen LogP contribution is 2.31. The number of nitrogens with two attached hydrogens (primary N) is 1. The highest BCUT2D eigenvalue weighted by molar-refractivity contribution is 5.81. The molecule has 3 aromatic rings. The molecule has 0 bridgehead atoms. The predicted molar refractivity (Wildman–Crippen MR) is 91.6 cm³/mol. The van der Waals surface area contributed by atoms with Crippen LogP contribution in [0.25, 0.3) is 11.2 Å². The standard InChI is InChI=1S/C16H19N7O3/c17-14-11-15(21-7-20-14)23(8-22-11)16-13(25)12(24)10(26-16)6-18-5-9-3-1-2-4-19-9/h1-4,7-8,10,12-13,16,18,24-25H,5-6H2,(H2,17,20,21)/t10-,12-,13-,16-/m1/s1. The highest BCUT2D eigenvalue weighted by Gasteiger charge is 2.44. The van der Waals surface area contributed by atoms with Crippen molar-refractivity contribution in [2.75, 3.05) is 12.3 Å². The normalized spacial score (nSPS) is 25.8. The zero-order valence-electron chi connectivity index (χ0n) is 13.8. The van der Waals surface area contributed by atoms with Crippen molar-refractivity contribution < 1.29 is 14.9 Å². The number of nitrogens with zero attached hydrogens (tertiary/aromatic N) is 5. The van der Waals surface area contributed by atoms with Gasteiger partial charge in [0.25, 0.3) is 0 Å². The van der Waals surface area contributed by atoms with Gasteiger partial charge in [-0.05, 0) is 12.1 Å². The van der Waals surface area contributed by atoms with E-state index in [2.05, 4.69) is 25.3 Å². The van der Waals surface area contributed by atoms with E-state index in [1.54, 1.807) is 10.8 Å². The second-order valence-corrected chi connectivity index (χ2v) is 6.08. The first-order chi connectivity index (χ1) is 12.6. The molecule has 10 heteroatoms. The van der Waals surface area contributed by atoms with Crippen molar-refractivity contribution in [1.82, 2.24) is 29.8 Å². The van der Waals surface area contributed by atoms with Crippen LogP contribution < -0.4 is 11.1 Å². The molecule has 10 nitrogen and oxygen atoms in total. The van der Waals surface area contributed by atoms with E-state index in [9.17, 15) is 10.2 Å². The second kappa shape index (κ2) is 6.92. The monoisotopic (exact) mass is 357 g/mol. The first-order valence-corrected chi connectivity index (χ1v) is 8.20. The number of nitrogens with one attached hydrogen (secondary N) is 1. The van der Waals surface area contributed by atoms with Crippen molar-refractivity contribution in [3.8, 4) is 0 Å². The van der Waals surface area contributed by atoms with Crippen LogP contribution in [0.3, 0.4) is 0 Å². The number of fused-ring (bicyclic) bond motifs is 1. The van der Waals surface area contributed by atoms with Crippen LogP contribution in [0, 0.1) is 0 Å². The topological polar surface area (TPSA) is 144 Å². The van der Waals surface area contributed by atoms with Gasteiger partial charge in [0.2, 0.25) is 0 Å². The lowest BCUT2D eigenvalue weighted by atomic mass is 10.1. The summed E-state index contributed by atoms with van der Waals surface area (Å²) in [5, 5.41) is 23.9. The molecule has 0 amide bonds. The average molecular weight is 357 g/mol. The van der Waals surface area contributed by atoms with Crippen molar-refractivity contribution in [2.45, 2.75) is 31.1 Å². The van der Waals surface area contributed by atoms with E-state index in [0.29, 0.717) is 24.3 Å². The van der Waals surface area contributed by atoms with Crippen LogP contribution in [0.4, 0.5) is 5.82 Å². The second-order valence-electron chi connectivity index (χ2n) is 6.08. The Balaban J connectivity index is 1.46. The van der Waals surface area contributed by atoms with Gasteiger partial charge in [-0.1, -0.05) is 6.07 Å². The summed E-state index contributed by atoms with van der Waals surface area (Å²) in [7, 11) is 0. The maximum atomic E-state index is 10.4.